The molecule has 0 aliphatic carbocycles. The van der Waals surface area contributed by atoms with E-state index in [0.29, 0.717) is 18.1 Å². The first-order chi connectivity index (χ1) is 14.5. The fraction of sp³-hybridized carbons (Fsp3) is 0.130. The van der Waals surface area contributed by atoms with E-state index in [9.17, 15) is 4.79 Å². The standard InChI is InChI=1S/C23H20Br2N2O3/c1-16-11-19(24)12-20(25)23(16)30-15-22(28)27-26-13-18-9-5-6-10-21(18)29-14-17-7-3-2-4-8-17/h2-13H,14-15H2,1H3,(H,27,28). The van der Waals surface area contributed by atoms with Crippen molar-refractivity contribution in [1.82, 2.24) is 5.43 Å². The molecule has 0 spiro atoms. The number of carbonyl (C=O) groups is 1. The molecular weight excluding hydrogens is 512 g/mol. The third-order valence-electron chi connectivity index (χ3n) is 4.09. The Morgan fingerprint density at radius 2 is 1.77 bits per heavy atom. The molecule has 0 aliphatic rings. The molecule has 0 saturated heterocycles. The second-order valence-electron chi connectivity index (χ2n) is 6.43. The van der Waals surface area contributed by atoms with Crippen LogP contribution >= 0.6 is 31.9 Å². The third-order valence-corrected chi connectivity index (χ3v) is 5.14. The number of rotatable bonds is 8. The number of hydrogen-bond donors (Lipinski definition) is 1. The van der Waals surface area contributed by atoms with E-state index in [1.807, 2.05) is 73.7 Å². The maximum atomic E-state index is 12.1. The van der Waals surface area contributed by atoms with Crippen molar-refractivity contribution in [2.24, 2.45) is 5.10 Å². The van der Waals surface area contributed by atoms with Gasteiger partial charge in [0.2, 0.25) is 0 Å². The average Bonchev–Trinajstić information content (AvgIpc) is 2.73. The number of hydrazone groups is 1. The number of aryl methyl sites for hydroxylation is 1. The van der Waals surface area contributed by atoms with Gasteiger partial charge in [-0.3, -0.25) is 4.79 Å². The molecule has 0 aliphatic heterocycles. The zero-order chi connectivity index (χ0) is 21.3. The summed E-state index contributed by atoms with van der Waals surface area (Å²) in [6.45, 7) is 2.21. The molecule has 0 radical (unpaired) electrons. The van der Waals surface area contributed by atoms with Crippen LogP contribution in [0.2, 0.25) is 0 Å². The Bertz CT molecular complexity index is 1020. The van der Waals surface area contributed by atoms with Crippen molar-refractivity contribution in [1.29, 1.82) is 0 Å². The molecule has 7 heteroatoms. The first-order valence-electron chi connectivity index (χ1n) is 9.19. The molecule has 0 bridgehead atoms. The Balaban J connectivity index is 1.54. The zero-order valence-electron chi connectivity index (χ0n) is 16.3. The molecule has 5 nitrogen and oxygen atoms in total. The third kappa shape index (κ3) is 6.43. The monoisotopic (exact) mass is 530 g/mol. The van der Waals surface area contributed by atoms with Gasteiger partial charge < -0.3 is 9.47 Å². The number of nitrogens with zero attached hydrogens (tertiary/aromatic N) is 1. The van der Waals surface area contributed by atoms with Gasteiger partial charge in [0.05, 0.1) is 10.7 Å². The van der Waals surface area contributed by atoms with Gasteiger partial charge in [0, 0.05) is 10.0 Å². The average molecular weight is 532 g/mol. The van der Waals surface area contributed by atoms with E-state index < -0.39 is 0 Å². The number of ether oxygens (including phenoxy) is 2. The molecule has 3 aromatic rings. The first-order valence-corrected chi connectivity index (χ1v) is 10.8. The second-order valence-corrected chi connectivity index (χ2v) is 8.20. The molecule has 1 N–H and O–H groups in total. The molecule has 0 heterocycles. The molecule has 0 unspecified atom stereocenters. The van der Waals surface area contributed by atoms with Crippen molar-refractivity contribution in [3.63, 3.8) is 0 Å². The summed E-state index contributed by atoms with van der Waals surface area (Å²) >= 11 is 6.86. The van der Waals surface area contributed by atoms with Gasteiger partial charge in [-0.2, -0.15) is 5.10 Å². The van der Waals surface area contributed by atoms with E-state index in [0.717, 1.165) is 25.6 Å². The molecule has 0 atom stereocenters. The molecular formula is C23H20Br2N2O3. The zero-order valence-corrected chi connectivity index (χ0v) is 19.4. The molecule has 3 aromatic carbocycles. The van der Waals surface area contributed by atoms with Crippen molar-refractivity contribution >= 4 is 44.0 Å². The van der Waals surface area contributed by atoms with Crippen molar-refractivity contribution in [3.05, 3.63) is 92.4 Å². The van der Waals surface area contributed by atoms with Gasteiger partial charge in [-0.1, -0.05) is 58.4 Å². The second kappa shape index (κ2) is 10.9. The SMILES string of the molecule is Cc1cc(Br)cc(Br)c1OCC(=O)NN=Cc1ccccc1OCc1ccccc1. The number of benzene rings is 3. The Kier molecular flexibility index (Phi) is 8.04. The normalized spacial score (nSPS) is 10.8. The number of hydrogen-bond acceptors (Lipinski definition) is 4. The van der Waals surface area contributed by atoms with Crippen LogP contribution in [-0.4, -0.2) is 18.7 Å². The van der Waals surface area contributed by atoms with Gasteiger partial charge in [-0.15, -0.1) is 0 Å². The number of amides is 1. The fourth-order valence-corrected chi connectivity index (χ4v) is 4.22. The summed E-state index contributed by atoms with van der Waals surface area (Å²) in [7, 11) is 0. The number of nitrogens with one attached hydrogen (secondary N) is 1. The van der Waals surface area contributed by atoms with Crippen LogP contribution in [0.5, 0.6) is 11.5 Å². The maximum Gasteiger partial charge on any atom is 0.277 e. The van der Waals surface area contributed by atoms with Gasteiger partial charge in [0.15, 0.2) is 6.61 Å². The molecule has 3 rings (SSSR count). The Labute approximate surface area is 192 Å². The van der Waals surface area contributed by atoms with E-state index in [4.69, 9.17) is 9.47 Å². The largest absolute Gasteiger partial charge is 0.488 e. The van der Waals surface area contributed by atoms with Gasteiger partial charge >= 0.3 is 0 Å². The van der Waals surface area contributed by atoms with Crippen LogP contribution < -0.4 is 14.9 Å². The number of para-hydroxylation sites is 1. The summed E-state index contributed by atoms with van der Waals surface area (Å²) in [5.41, 5.74) is 5.23. The quantitative estimate of drug-likeness (QED) is 0.303. The van der Waals surface area contributed by atoms with Gasteiger partial charge in [0.1, 0.15) is 18.1 Å². The molecule has 30 heavy (non-hydrogen) atoms. The minimum absolute atomic E-state index is 0.148. The summed E-state index contributed by atoms with van der Waals surface area (Å²) in [6.07, 6.45) is 1.55. The molecule has 154 valence electrons. The van der Waals surface area contributed by atoms with Crippen LogP contribution in [0.15, 0.2) is 80.8 Å². The topological polar surface area (TPSA) is 59.9 Å². The van der Waals surface area contributed by atoms with Crippen LogP contribution in [0.1, 0.15) is 16.7 Å². The Morgan fingerprint density at radius 3 is 2.53 bits per heavy atom. The molecule has 0 saturated carbocycles. The Hall–Kier alpha value is -2.64. The first kappa shape index (κ1) is 22.1. The van der Waals surface area contributed by atoms with Crippen LogP contribution in [0.25, 0.3) is 0 Å². The van der Waals surface area contributed by atoms with E-state index in [1.54, 1.807) is 6.21 Å². The summed E-state index contributed by atoms with van der Waals surface area (Å²) in [5.74, 6) is 0.949. The lowest BCUT2D eigenvalue weighted by molar-refractivity contribution is -0.123. The van der Waals surface area contributed by atoms with Crippen molar-refractivity contribution < 1.29 is 14.3 Å². The summed E-state index contributed by atoms with van der Waals surface area (Å²) in [4.78, 5) is 12.1. The minimum atomic E-state index is -0.358. The lowest BCUT2D eigenvalue weighted by atomic mass is 10.2. The van der Waals surface area contributed by atoms with Crippen LogP contribution in [-0.2, 0) is 11.4 Å². The van der Waals surface area contributed by atoms with Crippen molar-refractivity contribution in [3.8, 4) is 11.5 Å². The smallest absolute Gasteiger partial charge is 0.277 e. The van der Waals surface area contributed by atoms with E-state index in [2.05, 4.69) is 42.4 Å². The molecule has 0 aromatic heterocycles. The highest BCUT2D eigenvalue weighted by atomic mass is 79.9. The Morgan fingerprint density at radius 1 is 1.03 bits per heavy atom. The predicted octanol–water partition coefficient (Wildman–Crippen LogP) is 5.63. The fourth-order valence-electron chi connectivity index (χ4n) is 2.67. The highest BCUT2D eigenvalue weighted by molar-refractivity contribution is 9.11. The lowest BCUT2D eigenvalue weighted by Gasteiger charge is -2.11. The lowest BCUT2D eigenvalue weighted by Crippen LogP contribution is -2.24. The maximum absolute atomic E-state index is 12.1. The number of carbonyl (C=O) groups excluding carboxylic acids is 1. The predicted molar refractivity (Wildman–Crippen MR) is 125 cm³/mol. The van der Waals surface area contributed by atoms with Gasteiger partial charge in [0.25, 0.3) is 5.91 Å². The van der Waals surface area contributed by atoms with Crippen molar-refractivity contribution in [2.45, 2.75) is 13.5 Å². The summed E-state index contributed by atoms with van der Waals surface area (Å²) in [5, 5.41) is 4.02. The van der Waals surface area contributed by atoms with E-state index in [1.165, 1.54) is 0 Å². The van der Waals surface area contributed by atoms with Crippen molar-refractivity contribution in [2.75, 3.05) is 6.61 Å². The molecule has 0 fully saturated rings. The van der Waals surface area contributed by atoms with Gasteiger partial charge in [-0.25, -0.2) is 5.43 Å². The van der Waals surface area contributed by atoms with E-state index >= 15 is 0 Å². The van der Waals surface area contributed by atoms with Crippen LogP contribution in [0, 0.1) is 6.92 Å². The summed E-state index contributed by atoms with van der Waals surface area (Å²) < 4.78 is 13.2. The van der Waals surface area contributed by atoms with Gasteiger partial charge in [-0.05, 0) is 58.2 Å². The van der Waals surface area contributed by atoms with E-state index in [-0.39, 0.29) is 12.5 Å². The summed E-state index contributed by atoms with van der Waals surface area (Å²) in [6, 6.07) is 21.2. The van der Waals surface area contributed by atoms with Crippen LogP contribution in [0.3, 0.4) is 0 Å². The van der Waals surface area contributed by atoms with Crippen LogP contribution in [0.4, 0.5) is 0 Å². The minimum Gasteiger partial charge on any atom is -0.488 e. The number of halogens is 2. The highest BCUT2D eigenvalue weighted by Crippen LogP contribution is 2.32. The highest BCUT2D eigenvalue weighted by Gasteiger charge is 2.09. The molecule has 1 amide bonds.